The molecule has 26 heavy (non-hydrogen) atoms. The number of thioether (sulfide) groups is 1. The molecule has 1 saturated carbocycles. The first-order valence-corrected chi connectivity index (χ1v) is 10.7. The predicted molar refractivity (Wildman–Crippen MR) is 105 cm³/mol. The van der Waals surface area contributed by atoms with Gasteiger partial charge in [0, 0.05) is 23.6 Å². The van der Waals surface area contributed by atoms with E-state index in [2.05, 4.69) is 0 Å². The minimum Gasteiger partial charge on any atom is -0.452 e. The van der Waals surface area contributed by atoms with Crippen LogP contribution in [-0.4, -0.2) is 42.2 Å². The third-order valence-corrected chi connectivity index (χ3v) is 6.17. The van der Waals surface area contributed by atoms with Crippen molar-refractivity contribution in [3.8, 4) is 0 Å². The number of benzene rings is 1. The van der Waals surface area contributed by atoms with Gasteiger partial charge in [-0.05, 0) is 61.6 Å². The van der Waals surface area contributed by atoms with Crippen LogP contribution in [0.25, 0.3) is 6.08 Å². The number of carbonyl (C=O) groups excluding carboxylic acids is 2. The van der Waals surface area contributed by atoms with Crippen LogP contribution in [0.2, 0.25) is 0 Å². The number of ether oxygens (including phenoxy) is 1. The minimum atomic E-state index is -0.468. The summed E-state index contributed by atoms with van der Waals surface area (Å²) < 4.78 is 5.18. The highest BCUT2D eigenvalue weighted by atomic mass is 32.2. The standard InChI is InChI=1S/C21H27NO3S/c1-26-18-11-8-16(9-12-18)10-13-21(24)25-15-20(23)22-14-4-6-17-5-2-3-7-19(17)22/h8-13,17,19H,2-7,14-15H2,1H3/b13-10+/t17-,19+/m0/s1. The molecule has 1 aromatic carbocycles. The minimum absolute atomic E-state index is 0.0485. The summed E-state index contributed by atoms with van der Waals surface area (Å²) in [5.41, 5.74) is 0.937. The second-order valence-corrected chi connectivity index (χ2v) is 7.94. The predicted octanol–water partition coefficient (Wildman–Crippen LogP) is 4.15. The van der Waals surface area contributed by atoms with Crippen LogP contribution < -0.4 is 0 Å². The Morgan fingerprint density at radius 1 is 1.15 bits per heavy atom. The summed E-state index contributed by atoms with van der Waals surface area (Å²) in [6.45, 7) is 0.646. The normalized spacial score (nSPS) is 22.9. The number of nitrogens with zero attached hydrogens (tertiary/aromatic N) is 1. The molecule has 0 radical (unpaired) electrons. The van der Waals surface area contributed by atoms with Gasteiger partial charge in [-0.15, -0.1) is 11.8 Å². The van der Waals surface area contributed by atoms with E-state index in [0.717, 1.165) is 24.9 Å². The number of hydrogen-bond donors (Lipinski definition) is 0. The van der Waals surface area contributed by atoms with Crippen LogP contribution in [0.3, 0.4) is 0 Å². The summed E-state index contributed by atoms with van der Waals surface area (Å²) in [4.78, 5) is 27.6. The first-order chi connectivity index (χ1) is 12.7. The van der Waals surface area contributed by atoms with Crippen molar-refractivity contribution >= 4 is 29.7 Å². The molecule has 0 bridgehead atoms. The molecule has 1 aromatic rings. The van der Waals surface area contributed by atoms with Crippen molar-refractivity contribution in [2.24, 2.45) is 5.92 Å². The summed E-state index contributed by atoms with van der Waals surface area (Å²) in [6.07, 6.45) is 12.2. The highest BCUT2D eigenvalue weighted by Gasteiger charge is 2.35. The zero-order valence-electron chi connectivity index (χ0n) is 15.4. The van der Waals surface area contributed by atoms with Gasteiger partial charge in [-0.2, -0.15) is 0 Å². The first-order valence-electron chi connectivity index (χ1n) is 9.46. The maximum Gasteiger partial charge on any atom is 0.331 e. The molecule has 1 amide bonds. The van der Waals surface area contributed by atoms with Gasteiger partial charge in [0.15, 0.2) is 6.61 Å². The van der Waals surface area contributed by atoms with E-state index in [1.54, 1.807) is 17.8 Å². The zero-order valence-corrected chi connectivity index (χ0v) is 16.2. The van der Waals surface area contributed by atoms with Gasteiger partial charge < -0.3 is 9.64 Å². The van der Waals surface area contributed by atoms with Crippen molar-refractivity contribution < 1.29 is 14.3 Å². The highest BCUT2D eigenvalue weighted by molar-refractivity contribution is 7.98. The second kappa shape index (κ2) is 9.26. The molecule has 1 aliphatic heterocycles. The van der Waals surface area contributed by atoms with Crippen LogP contribution in [0.1, 0.15) is 44.1 Å². The van der Waals surface area contributed by atoms with Crippen molar-refractivity contribution in [3.63, 3.8) is 0 Å². The van der Waals surface area contributed by atoms with E-state index in [1.807, 2.05) is 35.4 Å². The number of fused-ring (bicyclic) bond motifs is 1. The molecule has 0 unspecified atom stereocenters. The lowest BCUT2D eigenvalue weighted by Crippen LogP contribution is -2.50. The molecule has 3 rings (SSSR count). The largest absolute Gasteiger partial charge is 0.452 e. The van der Waals surface area contributed by atoms with E-state index in [1.165, 1.54) is 36.7 Å². The van der Waals surface area contributed by atoms with E-state index in [4.69, 9.17) is 4.74 Å². The Labute approximate surface area is 160 Å². The molecular formula is C21H27NO3S. The fourth-order valence-electron chi connectivity index (χ4n) is 4.08. The number of piperidine rings is 1. The maximum atomic E-state index is 12.5. The fraction of sp³-hybridized carbons (Fsp3) is 0.524. The number of esters is 1. The Hall–Kier alpha value is -1.75. The average Bonchev–Trinajstić information content (AvgIpc) is 2.70. The number of rotatable bonds is 5. The first kappa shape index (κ1) is 19.0. The molecule has 1 saturated heterocycles. The molecule has 0 N–H and O–H groups in total. The van der Waals surface area contributed by atoms with Gasteiger partial charge >= 0.3 is 5.97 Å². The summed E-state index contributed by atoms with van der Waals surface area (Å²) >= 11 is 1.68. The Balaban J connectivity index is 1.48. The van der Waals surface area contributed by atoms with Gasteiger partial charge in [0.2, 0.25) is 0 Å². The molecule has 5 heteroatoms. The average molecular weight is 374 g/mol. The molecule has 4 nitrogen and oxygen atoms in total. The van der Waals surface area contributed by atoms with E-state index in [9.17, 15) is 9.59 Å². The Bertz CT molecular complexity index is 654. The Morgan fingerprint density at radius 3 is 2.65 bits per heavy atom. The van der Waals surface area contributed by atoms with Crippen molar-refractivity contribution in [1.29, 1.82) is 0 Å². The molecule has 2 fully saturated rings. The van der Waals surface area contributed by atoms with Gasteiger partial charge in [-0.25, -0.2) is 4.79 Å². The molecule has 1 aliphatic carbocycles. The van der Waals surface area contributed by atoms with E-state index >= 15 is 0 Å². The number of hydrogen-bond acceptors (Lipinski definition) is 4. The summed E-state index contributed by atoms with van der Waals surface area (Å²) in [5.74, 6) is 0.124. The van der Waals surface area contributed by atoms with Crippen molar-refractivity contribution in [1.82, 2.24) is 4.90 Å². The molecule has 1 heterocycles. The summed E-state index contributed by atoms with van der Waals surface area (Å²) in [7, 11) is 0. The van der Waals surface area contributed by atoms with Crippen LogP contribution in [0.4, 0.5) is 0 Å². The molecular weight excluding hydrogens is 346 g/mol. The molecule has 0 spiro atoms. The molecule has 0 aromatic heterocycles. The monoisotopic (exact) mass is 373 g/mol. The Morgan fingerprint density at radius 2 is 1.88 bits per heavy atom. The van der Waals surface area contributed by atoms with Gasteiger partial charge in [-0.3, -0.25) is 4.79 Å². The van der Waals surface area contributed by atoms with Crippen LogP contribution in [0, 0.1) is 5.92 Å². The van der Waals surface area contributed by atoms with Crippen LogP contribution in [0.5, 0.6) is 0 Å². The topological polar surface area (TPSA) is 46.6 Å². The molecule has 140 valence electrons. The third kappa shape index (κ3) is 4.91. The number of likely N-dealkylation sites (tertiary alicyclic amines) is 1. The Kier molecular flexibility index (Phi) is 6.78. The lowest BCUT2D eigenvalue weighted by molar-refractivity contribution is -0.151. The highest BCUT2D eigenvalue weighted by Crippen LogP contribution is 2.35. The smallest absolute Gasteiger partial charge is 0.331 e. The van der Waals surface area contributed by atoms with E-state index in [0.29, 0.717) is 12.0 Å². The van der Waals surface area contributed by atoms with Crippen molar-refractivity contribution in [3.05, 3.63) is 35.9 Å². The zero-order chi connectivity index (χ0) is 18.4. The number of amides is 1. The van der Waals surface area contributed by atoms with Crippen LogP contribution in [0.15, 0.2) is 35.2 Å². The van der Waals surface area contributed by atoms with Gasteiger partial charge in [0.1, 0.15) is 0 Å². The van der Waals surface area contributed by atoms with Gasteiger partial charge in [-0.1, -0.05) is 25.0 Å². The molecule has 2 atom stereocenters. The van der Waals surface area contributed by atoms with Crippen molar-refractivity contribution in [2.75, 3.05) is 19.4 Å². The summed E-state index contributed by atoms with van der Waals surface area (Å²) in [6, 6.07) is 8.29. The lowest BCUT2D eigenvalue weighted by Gasteiger charge is -2.44. The molecule has 2 aliphatic rings. The third-order valence-electron chi connectivity index (χ3n) is 5.43. The van der Waals surface area contributed by atoms with Gasteiger partial charge in [0.05, 0.1) is 0 Å². The lowest BCUT2D eigenvalue weighted by atomic mass is 9.78. The quantitative estimate of drug-likeness (QED) is 0.442. The van der Waals surface area contributed by atoms with E-state index in [-0.39, 0.29) is 12.5 Å². The maximum absolute atomic E-state index is 12.5. The second-order valence-electron chi connectivity index (χ2n) is 7.06. The summed E-state index contributed by atoms with van der Waals surface area (Å²) in [5, 5.41) is 0. The van der Waals surface area contributed by atoms with E-state index < -0.39 is 5.97 Å². The SMILES string of the molecule is CSc1ccc(/C=C/C(=O)OCC(=O)N2CCC[C@@H]3CCCC[C@H]32)cc1. The van der Waals surface area contributed by atoms with Gasteiger partial charge in [0.25, 0.3) is 5.91 Å². The van der Waals surface area contributed by atoms with Crippen LogP contribution in [-0.2, 0) is 14.3 Å². The number of carbonyl (C=O) groups is 2. The van der Waals surface area contributed by atoms with Crippen LogP contribution >= 0.6 is 11.8 Å². The van der Waals surface area contributed by atoms with Crippen molar-refractivity contribution in [2.45, 2.75) is 49.5 Å². The fourth-order valence-corrected chi connectivity index (χ4v) is 4.49.